The molecule has 1 unspecified atom stereocenters. The number of alkyl carbamates (subject to hydrolysis) is 1. The number of unbranched alkanes of at least 4 members (excludes halogenated alkanes) is 7. The Bertz CT molecular complexity index is 606. The van der Waals surface area contributed by atoms with Crippen molar-refractivity contribution in [2.24, 2.45) is 0 Å². The summed E-state index contributed by atoms with van der Waals surface area (Å²) in [4.78, 5) is 34.6. The second-order valence-electron chi connectivity index (χ2n) is 6.94. The highest BCUT2D eigenvalue weighted by Gasteiger charge is 2.22. The molecule has 162 valence electrons. The van der Waals surface area contributed by atoms with Gasteiger partial charge >= 0.3 is 12.1 Å². The van der Waals surface area contributed by atoms with Crippen LogP contribution < -0.4 is 10.6 Å². The van der Waals surface area contributed by atoms with Crippen LogP contribution in [-0.4, -0.2) is 38.2 Å². The van der Waals surface area contributed by atoms with E-state index in [4.69, 9.17) is 4.74 Å². The predicted octanol–water partition coefficient (Wildman–Crippen LogP) is 3.88. The average molecular weight is 407 g/mol. The number of amides is 2. The van der Waals surface area contributed by atoms with E-state index in [1.165, 1.54) is 26.9 Å². The van der Waals surface area contributed by atoms with Crippen LogP contribution >= 0.6 is 0 Å². The first-order chi connectivity index (χ1) is 14.0. The van der Waals surface area contributed by atoms with E-state index in [0.29, 0.717) is 18.7 Å². The summed E-state index contributed by atoms with van der Waals surface area (Å²) in [7, 11) is 1.36. The number of benzene rings is 1. The molecule has 0 saturated carbocycles. The van der Waals surface area contributed by atoms with Gasteiger partial charge in [0, 0.05) is 25.6 Å². The fraction of sp³-hybridized carbons (Fsp3) is 0.591. The Morgan fingerprint density at radius 2 is 1.34 bits per heavy atom. The number of carbonyl (C=O) groups excluding carboxylic acids is 3. The van der Waals surface area contributed by atoms with Gasteiger partial charge in [-0.15, -0.1) is 0 Å². The summed E-state index contributed by atoms with van der Waals surface area (Å²) in [5, 5.41) is 5.54. The lowest BCUT2D eigenvalue weighted by Crippen LogP contribution is -2.32. The topological polar surface area (TPSA) is 93.7 Å². The highest BCUT2D eigenvalue weighted by Crippen LogP contribution is 2.17. The molecule has 0 aliphatic rings. The van der Waals surface area contributed by atoms with E-state index >= 15 is 0 Å². The van der Waals surface area contributed by atoms with Crippen LogP contribution in [0.25, 0.3) is 0 Å². The van der Waals surface area contributed by atoms with E-state index in [-0.39, 0.29) is 12.0 Å². The Morgan fingerprint density at radius 1 is 0.828 bits per heavy atom. The molecule has 0 bridgehead atoms. The van der Waals surface area contributed by atoms with E-state index in [9.17, 15) is 14.4 Å². The maximum atomic E-state index is 12.4. The van der Waals surface area contributed by atoms with Crippen molar-refractivity contribution in [2.75, 3.05) is 20.2 Å². The van der Waals surface area contributed by atoms with Crippen LogP contribution in [0.2, 0.25) is 0 Å². The number of carbonyl (C=O) groups is 3. The summed E-state index contributed by atoms with van der Waals surface area (Å²) >= 11 is 0. The molecule has 0 heterocycles. The van der Waals surface area contributed by atoms with Crippen molar-refractivity contribution >= 4 is 18.0 Å². The summed E-state index contributed by atoms with van der Waals surface area (Å²) in [5.74, 6) is -0.762. The Hall–Kier alpha value is -2.57. The van der Waals surface area contributed by atoms with Crippen LogP contribution in [-0.2, 0) is 19.1 Å². The van der Waals surface area contributed by atoms with Gasteiger partial charge in [-0.05, 0) is 12.8 Å². The van der Waals surface area contributed by atoms with E-state index in [1.54, 1.807) is 12.1 Å². The molecule has 0 aromatic heterocycles. The van der Waals surface area contributed by atoms with Crippen LogP contribution in [0.4, 0.5) is 4.79 Å². The highest BCUT2D eigenvalue weighted by molar-refractivity contribution is 5.84. The van der Waals surface area contributed by atoms with Crippen molar-refractivity contribution in [2.45, 2.75) is 64.4 Å². The van der Waals surface area contributed by atoms with Gasteiger partial charge in [0.15, 0.2) is 0 Å². The van der Waals surface area contributed by atoms with Crippen LogP contribution in [0.1, 0.15) is 70.0 Å². The molecule has 7 heteroatoms. The van der Waals surface area contributed by atoms with Gasteiger partial charge < -0.3 is 20.1 Å². The molecule has 1 aromatic rings. The molecule has 1 aromatic carbocycles. The molecular weight excluding hydrogens is 372 g/mol. The maximum absolute atomic E-state index is 12.4. The number of esters is 1. The second-order valence-corrected chi connectivity index (χ2v) is 6.94. The minimum absolute atomic E-state index is 0.285. The van der Waals surface area contributed by atoms with Gasteiger partial charge in [0.05, 0.1) is 7.11 Å². The lowest BCUT2D eigenvalue weighted by molar-refractivity contribution is -0.154. The molecule has 1 rings (SSSR count). The quantitative estimate of drug-likeness (QED) is 0.361. The first-order valence-electron chi connectivity index (χ1n) is 10.4. The van der Waals surface area contributed by atoms with Crippen molar-refractivity contribution < 1.29 is 23.9 Å². The summed E-state index contributed by atoms with van der Waals surface area (Å²) < 4.78 is 9.70. The maximum Gasteiger partial charge on any atom is 0.406 e. The predicted molar refractivity (Wildman–Crippen MR) is 111 cm³/mol. The largest absolute Gasteiger partial charge is 0.453 e. The smallest absolute Gasteiger partial charge is 0.406 e. The van der Waals surface area contributed by atoms with E-state index < -0.39 is 12.1 Å². The third-order valence-electron chi connectivity index (χ3n) is 4.48. The molecule has 2 N–H and O–H groups in total. The lowest BCUT2D eigenvalue weighted by atomic mass is 10.1. The average Bonchev–Trinajstić information content (AvgIpc) is 2.72. The van der Waals surface area contributed by atoms with Crippen LogP contribution in [0.5, 0.6) is 0 Å². The number of rotatable bonds is 14. The number of hydrogen-bond acceptors (Lipinski definition) is 5. The van der Waals surface area contributed by atoms with Gasteiger partial charge in [-0.2, -0.15) is 0 Å². The van der Waals surface area contributed by atoms with Crippen molar-refractivity contribution in [1.82, 2.24) is 10.6 Å². The zero-order valence-electron chi connectivity index (χ0n) is 17.6. The molecule has 0 fully saturated rings. The van der Waals surface area contributed by atoms with Gasteiger partial charge in [0.1, 0.15) is 0 Å². The number of hydrogen-bond donors (Lipinski definition) is 2. The molecule has 29 heavy (non-hydrogen) atoms. The van der Waals surface area contributed by atoms with Gasteiger partial charge in [-0.25, -0.2) is 4.79 Å². The third kappa shape index (κ3) is 11.8. The Morgan fingerprint density at radius 3 is 1.86 bits per heavy atom. The monoisotopic (exact) mass is 406 g/mol. The summed E-state index contributed by atoms with van der Waals surface area (Å²) in [6.45, 7) is 2.53. The molecule has 0 saturated heterocycles. The first-order valence-corrected chi connectivity index (χ1v) is 10.4. The zero-order valence-corrected chi connectivity index (χ0v) is 17.6. The van der Waals surface area contributed by atoms with Gasteiger partial charge in [-0.1, -0.05) is 68.9 Å². The molecule has 2 amide bonds. The molecule has 1 atom stereocenters. The van der Waals surface area contributed by atoms with Crippen LogP contribution in [0, 0.1) is 0 Å². The standard InChI is InChI=1S/C22H34N2O5/c1-18(25)29-20(19-14-10-9-11-15-19)21(26)23-16-12-7-5-3-4-6-8-13-17-24-22(27)28-2/h9-11,14-15,20H,3-8,12-13,16-17H2,1-2H3,(H,23,26)(H,24,27). The molecular formula is C22H34N2O5. The fourth-order valence-electron chi connectivity index (χ4n) is 2.94. The first kappa shape index (κ1) is 24.5. The third-order valence-corrected chi connectivity index (χ3v) is 4.48. The van der Waals surface area contributed by atoms with Crippen molar-refractivity contribution in [3.05, 3.63) is 35.9 Å². The normalized spacial score (nSPS) is 11.4. The minimum Gasteiger partial charge on any atom is -0.453 e. The van der Waals surface area contributed by atoms with Gasteiger partial charge in [0.2, 0.25) is 6.10 Å². The van der Waals surface area contributed by atoms with Crippen LogP contribution in [0.15, 0.2) is 30.3 Å². The Labute approximate surface area is 173 Å². The summed E-state index contributed by atoms with van der Waals surface area (Å²) in [6, 6.07) is 9.03. The van der Waals surface area contributed by atoms with Gasteiger partial charge in [0.25, 0.3) is 5.91 Å². The number of ether oxygens (including phenoxy) is 2. The molecule has 7 nitrogen and oxygen atoms in total. The summed E-state index contributed by atoms with van der Waals surface area (Å²) in [5.41, 5.74) is 0.669. The van der Waals surface area contributed by atoms with E-state index in [0.717, 1.165) is 38.5 Å². The fourth-order valence-corrected chi connectivity index (χ4v) is 2.94. The van der Waals surface area contributed by atoms with Crippen molar-refractivity contribution in [3.63, 3.8) is 0 Å². The Balaban J connectivity index is 2.08. The second kappa shape index (κ2) is 15.4. The SMILES string of the molecule is COC(=O)NCCCCCCCCCCNC(=O)C(OC(C)=O)c1ccccc1. The minimum atomic E-state index is -0.901. The molecule has 0 aliphatic carbocycles. The van der Waals surface area contributed by atoms with E-state index in [2.05, 4.69) is 15.4 Å². The molecule has 0 aliphatic heterocycles. The van der Waals surface area contributed by atoms with E-state index in [1.807, 2.05) is 18.2 Å². The Kier molecular flexibility index (Phi) is 13.0. The highest BCUT2D eigenvalue weighted by atomic mass is 16.5. The number of nitrogens with one attached hydrogen (secondary N) is 2. The van der Waals surface area contributed by atoms with Gasteiger partial charge in [-0.3, -0.25) is 9.59 Å². The van der Waals surface area contributed by atoms with Crippen molar-refractivity contribution in [1.29, 1.82) is 0 Å². The number of methoxy groups -OCH3 is 1. The lowest BCUT2D eigenvalue weighted by Gasteiger charge is -2.17. The van der Waals surface area contributed by atoms with Crippen LogP contribution in [0.3, 0.4) is 0 Å². The summed E-state index contributed by atoms with van der Waals surface area (Å²) in [6.07, 6.45) is 7.35. The molecule has 0 spiro atoms. The van der Waals surface area contributed by atoms with Crippen molar-refractivity contribution in [3.8, 4) is 0 Å². The zero-order chi connectivity index (χ0) is 21.3. The molecule has 0 radical (unpaired) electrons.